The van der Waals surface area contributed by atoms with Crippen LogP contribution in [0.25, 0.3) is 0 Å². The van der Waals surface area contributed by atoms with Gasteiger partial charge in [0.05, 0.1) is 5.56 Å². The Morgan fingerprint density at radius 3 is 2.32 bits per heavy atom. The molecule has 2 aromatic rings. The fourth-order valence-corrected chi connectivity index (χ4v) is 1.87. The van der Waals surface area contributed by atoms with Gasteiger partial charge in [-0.25, -0.2) is 4.39 Å². The summed E-state index contributed by atoms with van der Waals surface area (Å²) >= 11 is 0. The van der Waals surface area contributed by atoms with Crippen molar-refractivity contribution in [2.75, 3.05) is 20.7 Å². The molecule has 0 saturated carbocycles. The Morgan fingerprint density at radius 2 is 1.68 bits per heavy atom. The van der Waals surface area contributed by atoms with Crippen molar-refractivity contribution in [3.8, 4) is 5.75 Å². The number of Topliss-reactive ketones (excluding diaryl/α,β-unsaturated/α-hetero) is 1. The highest BCUT2D eigenvalue weighted by atomic mass is 19.1. The van der Waals surface area contributed by atoms with Crippen LogP contribution in [0.1, 0.15) is 20.7 Å². The molecule has 0 unspecified atom stereocenters. The molecule has 0 atom stereocenters. The van der Waals surface area contributed by atoms with Crippen LogP contribution >= 0.6 is 0 Å². The molecular weight excluding hydrogens is 285 g/mol. The van der Waals surface area contributed by atoms with Crippen molar-refractivity contribution >= 4 is 11.7 Å². The van der Waals surface area contributed by atoms with Gasteiger partial charge in [0.15, 0.2) is 12.4 Å². The number of hydrogen-bond donors (Lipinski definition) is 0. The average Bonchev–Trinajstić information content (AvgIpc) is 2.52. The van der Waals surface area contributed by atoms with Gasteiger partial charge in [-0.05, 0) is 36.4 Å². The lowest BCUT2D eigenvalue weighted by Crippen LogP contribution is -2.23. The van der Waals surface area contributed by atoms with Crippen molar-refractivity contribution in [3.05, 3.63) is 65.5 Å². The van der Waals surface area contributed by atoms with Gasteiger partial charge in [-0.15, -0.1) is 0 Å². The van der Waals surface area contributed by atoms with E-state index in [-0.39, 0.29) is 18.3 Å². The second-order valence-electron chi connectivity index (χ2n) is 4.91. The quantitative estimate of drug-likeness (QED) is 0.798. The maximum Gasteiger partial charge on any atom is 0.257 e. The Balaban J connectivity index is 2.10. The summed E-state index contributed by atoms with van der Waals surface area (Å²) in [6.45, 7) is -0.219. The first-order valence-corrected chi connectivity index (χ1v) is 6.71. The third-order valence-electron chi connectivity index (χ3n) is 3.05. The molecule has 5 heteroatoms. The van der Waals surface area contributed by atoms with Crippen LogP contribution < -0.4 is 4.74 Å². The van der Waals surface area contributed by atoms with Gasteiger partial charge in [0.1, 0.15) is 11.6 Å². The second kappa shape index (κ2) is 6.85. The number of para-hydroxylation sites is 1. The number of carbonyl (C=O) groups is 2. The standard InChI is InChI=1S/C17H16FNO3/c1-19(2)17(21)14-5-3-4-6-16(14)22-11-15(20)12-7-9-13(18)10-8-12/h3-10H,11H2,1-2H3. The van der Waals surface area contributed by atoms with Gasteiger partial charge in [0, 0.05) is 19.7 Å². The van der Waals surface area contributed by atoms with E-state index in [1.54, 1.807) is 38.4 Å². The third kappa shape index (κ3) is 3.69. The number of halogens is 1. The van der Waals surface area contributed by atoms with E-state index in [4.69, 9.17) is 4.74 Å². The summed E-state index contributed by atoms with van der Waals surface area (Å²) in [5.41, 5.74) is 0.747. The third-order valence-corrected chi connectivity index (χ3v) is 3.05. The first kappa shape index (κ1) is 15.7. The monoisotopic (exact) mass is 301 g/mol. The lowest BCUT2D eigenvalue weighted by atomic mass is 10.1. The van der Waals surface area contributed by atoms with Crippen molar-refractivity contribution in [2.45, 2.75) is 0 Å². The number of carbonyl (C=O) groups excluding carboxylic acids is 2. The van der Waals surface area contributed by atoms with Crippen molar-refractivity contribution in [1.82, 2.24) is 4.90 Å². The molecule has 0 aliphatic rings. The average molecular weight is 301 g/mol. The van der Waals surface area contributed by atoms with Crippen molar-refractivity contribution in [1.29, 1.82) is 0 Å². The number of benzene rings is 2. The fourth-order valence-electron chi connectivity index (χ4n) is 1.87. The predicted molar refractivity (Wildman–Crippen MR) is 80.7 cm³/mol. The van der Waals surface area contributed by atoms with Crippen LogP contribution in [0.4, 0.5) is 4.39 Å². The molecule has 0 N–H and O–H groups in total. The number of nitrogens with zero attached hydrogens (tertiary/aromatic N) is 1. The Bertz CT molecular complexity index is 681. The van der Waals surface area contributed by atoms with Gasteiger partial charge >= 0.3 is 0 Å². The molecule has 0 bridgehead atoms. The van der Waals surface area contributed by atoms with Gasteiger partial charge in [-0.2, -0.15) is 0 Å². The largest absolute Gasteiger partial charge is 0.485 e. The molecule has 22 heavy (non-hydrogen) atoms. The lowest BCUT2D eigenvalue weighted by Gasteiger charge is -2.14. The zero-order chi connectivity index (χ0) is 16.1. The molecule has 0 aromatic heterocycles. The molecule has 0 saturated heterocycles. The SMILES string of the molecule is CN(C)C(=O)c1ccccc1OCC(=O)c1ccc(F)cc1. The molecule has 0 aliphatic carbocycles. The smallest absolute Gasteiger partial charge is 0.257 e. The summed E-state index contributed by atoms with van der Waals surface area (Å²) in [5.74, 6) is -0.548. The summed E-state index contributed by atoms with van der Waals surface area (Å²) in [7, 11) is 3.28. The summed E-state index contributed by atoms with van der Waals surface area (Å²) in [5, 5.41) is 0. The second-order valence-corrected chi connectivity index (χ2v) is 4.91. The van der Waals surface area contributed by atoms with E-state index in [1.165, 1.54) is 29.2 Å². The van der Waals surface area contributed by atoms with E-state index >= 15 is 0 Å². The van der Waals surface area contributed by atoms with Crippen molar-refractivity contribution < 1.29 is 18.7 Å². The molecule has 1 amide bonds. The van der Waals surface area contributed by atoms with E-state index < -0.39 is 5.82 Å². The van der Waals surface area contributed by atoms with Crippen molar-refractivity contribution in [3.63, 3.8) is 0 Å². The summed E-state index contributed by atoms with van der Waals surface area (Å²) < 4.78 is 18.3. The van der Waals surface area contributed by atoms with Crippen LogP contribution in [0.2, 0.25) is 0 Å². The highest BCUT2D eigenvalue weighted by Gasteiger charge is 2.15. The summed E-state index contributed by atoms with van der Waals surface area (Å²) in [6.07, 6.45) is 0. The Kier molecular flexibility index (Phi) is 4.88. The molecule has 4 nitrogen and oxygen atoms in total. The van der Waals surface area contributed by atoms with Gasteiger partial charge in [-0.3, -0.25) is 9.59 Å². The van der Waals surface area contributed by atoms with E-state index in [0.29, 0.717) is 16.9 Å². The van der Waals surface area contributed by atoms with Gasteiger partial charge in [-0.1, -0.05) is 12.1 Å². The minimum absolute atomic E-state index is 0.204. The first-order chi connectivity index (χ1) is 10.5. The highest BCUT2D eigenvalue weighted by Crippen LogP contribution is 2.19. The maximum absolute atomic E-state index is 12.8. The summed E-state index contributed by atoms with van der Waals surface area (Å²) in [4.78, 5) is 25.5. The number of ether oxygens (including phenoxy) is 1. The topological polar surface area (TPSA) is 46.6 Å². The molecule has 0 heterocycles. The number of ketones is 1. The van der Waals surface area contributed by atoms with Crippen LogP contribution in [-0.2, 0) is 0 Å². The van der Waals surface area contributed by atoms with Crippen LogP contribution in [0.3, 0.4) is 0 Å². The predicted octanol–water partition coefficient (Wildman–Crippen LogP) is 2.79. The Labute approximate surface area is 128 Å². The van der Waals surface area contributed by atoms with Gasteiger partial charge in [0.25, 0.3) is 5.91 Å². The molecule has 0 aliphatic heterocycles. The maximum atomic E-state index is 12.8. The normalized spacial score (nSPS) is 10.1. The zero-order valence-corrected chi connectivity index (χ0v) is 12.4. The molecule has 0 spiro atoms. The molecule has 114 valence electrons. The Hall–Kier alpha value is -2.69. The molecule has 0 fully saturated rings. The van der Waals surface area contributed by atoms with Crippen LogP contribution in [-0.4, -0.2) is 37.3 Å². The zero-order valence-electron chi connectivity index (χ0n) is 12.4. The van der Waals surface area contributed by atoms with Crippen molar-refractivity contribution in [2.24, 2.45) is 0 Å². The lowest BCUT2D eigenvalue weighted by molar-refractivity contribution is 0.0816. The minimum atomic E-state index is -0.403. The number of rotatable bonds is 5. The molecule has 0 radical (unpaired) electrons. The molecular formula is C17H16FNO3. The van der Waals surface area contributed by atoms with E-state index in [1.807, 2.05) is 0 Å². The fraction of sp³-hybridized carbons (Fsp3) is 0.176. The molecule has 2 rings (SSSR count). The number of hydrogen-bond acceptors (Lipinski definition) is 3. The van der Waals surface area contributed by atoms with Crippen LogP contribution in [0.15, 0.2) is 48.5 Å². The van der Waals surface area contributed by atoms with Gasteiger partial charge < -0.3 is 9.64 Å². The van der Waals surface area contributed by atoms with E-state index in [2.05, 4.69) is 0 Å². The highest BCUT2D eigenvalue weighted by molar-refractivity contribution is 5.98. The first-order valence-electron chi connectivity index (χ1n) is 6.71. The Morgan fingerprint density at radius 1 is 1.05 bits per heavy atom. The van der Waals surface area contributed by atoms with E-state index in [0.717, 1.165) is 0 Å². The number of amides is 1. The molecule has 2 aromatic carbocycles. The summed E-state index contributed by atoms with van der Waals surface area (Å²) in [6, 6.07) is 12.0. The minimum Gasteiger partial charge on any atom is -0.485 e. The van der Waals surface area contributed by atoms with Crippen LogP contribution in [0.5, 0.6) is 5.75 Å². The van der Waals surface area contributed by atoms with E-state index in [9.17, 15) is 14.0 Å². The van der Waals surface area contributed by atoms with Gasteiger partial charge in [0.2, 0.25) is 0 Å². The van der Waals surface area contributed by atoms with Crippen LogP contribution in [0, 0.1) is 5.82 Å².